The molecular formula is C13H28N2. The van der Waals surface area contributed by atoms with Gasteiger partial charge < -0.3 is 10.2 Å². The molecule has 1 N–H and O–H groups in total. The van der Waals surface area contributed by atoms with E-state index in [1.807, 2.05) is 0 Å². The summed E-state index contributed by atoms with van der Waals surface area (Å²) in [5, 5.41) is 3.49. The zero-order valence-electron chi connectivity index (χ0n) is 11.0. The topological polar surface area (TPSA) is 15.3 Å². The van der Waals surface area contributed by atoms with Crippen molar-refractivity contribution < 1.29 is 0 Å². The van der Waals surface area contributed by atoms with Gasteiger partial charge in [-0.2, -0.15) is 0 Å². The molecule has 1 aliphatic heterocycles. The molecule has 0 saturated carbocycles. The Morgan fingerprint density at radius 2 is 2.07 bits per heavy atom. The summed E-state index contributed by atoms with van der Waals surface area (Å²) >= 11 is 0. The van der Waals surface area contributed by atoms with Crippen LogP contribution in [0.15, 0.2) is 0 Å². The summed E-state index contributed by atoms with van der Waals surface area (Å²) in [5.41, 5.74) is 0.430. The number of nitrogens with one attached hydrogen (secondary N) is 1. The summed E-state index contributed by atoms with van der Waals surface area (Å²) < 4.78 is 0. The van der Waals surface area contributed by atoms with E-state index < -0.39 is 0 Å². The van der Waals surface area contributed by atoms with E-state index in [1.54, 1.807) is 0 Å². The summed E-state index contributed by atoms with van der Waals surface area (Å²) in [6, 6.07) is 0. The van der Waals surface area contributed by atoms with E-state index in [0.717, 1.165) is 5.92 Å². The molecule has 0 radical (unpaired) electrons. The molecule has 90 valence electrons. The molecule has 2 heteroatoms. The molecule has 1 atom stereocenters. The van der Waals surface area contributed by atoms with E-state index >= 15 is 0 Å². The fourth-order valence-corrected chi connectivity index (χ4v) is 2.46. The van der Waals surface area contributed by atoms with Gasteiger partial charge in [0.05, 0.1) is 0 Å². The molecule has 1 heterocycles. The zero-order chi connectivity index (χ0) is 11.3. The van der Waals surface area contributed by atoms with Gasteiger partial charge in [0.1, 0.15) is 0 Å². The van der Waals surface area contributed by atoms with Crippen LogP contribution >= 0.6 is 0 Å². The van der Waals surface area contributed by atoms with Crippen molar-refractivity contribution >= 4 is 0 Å². The summed E-state index contributed by atoms with van der Waals surface area (Å²) in [4.78, 5) is 2.48. The molecule has 0 amide bonds. The molecule has 1 aliphatic rings. The van der Waals surface area contributed by atoms with Crippen molar-refractivity contribution in [2.24, 2.45) is 11.3 Å². The molecule has 0 aliphatic carbocycles. The Balaban J connectivity index is 2.12. The molecule has 0 bridgehead atoms. The van der Waals surface area contributed by atoms with Crippen molar-refractivity contribution in [1.82, 2.24) is 10.2 Å². The van der Waals surface area contributed by atoms with Gasteiger partial charge in [0.2, 0.25) is 0 Å². The van der Waals surface area contributed by atoms with Gasteiger partial charge in [-0.3, -0.25) is 0 Å². The third-order valence-electron chi connectivity index (χ3n) is 3.06. The van der Waals surface area contributed by atoms with Crippen LogP contribution in [-0.4, -0.2) is 38.1 Å². The highest BCUT2D eigenvalue weighted by atomic mass is 15.1. The number of rotatable bonds is 4. The van der Waals surface area contributed by atoms with Crippen LogP contribution in [0.4, 0.5) is 0 Å². The van der Waals surface area contributed by atoms with Crippen molar-refractivity contribution in [3.05, 3.63) is 0 Å². The number of nitrogens with zero attached hydrogens (tertiary/aromatic N) is 1. The molecule has 0 aromatic heterocycles. The first-order valence-electron chi connectivity index (χ1n) is 6.37. The smallest absolute Gasteiger partial charge is 0.00270 e. The lowest BCUT2D eigenvalue weighted by molar-refractivity contribution is 0.207. The van der Waals surface area contributed by atoms with Crippen molar-refractivity contribution in [1.29, 1.82) is 0 Å². The van der Waals surface area contributed by atoms with Crippen molar-refractivity contribution in [2.75, 3.05) is 33.2 Å². The zero-order valence-corrected chi connectivity index (χ0v) is 11.0. The first-order valence-corrected chi connectivity index (χ1v) is 6.37. The van der Waals surface area contributed by atoms with E-state index in [2.05, 4.69) is 38.0 Å². The first-order chi connectivity index (χ1) is 6.97. The third kappa shape index (κ3) is 6.16. The maximum atomic E-state index is 3.49. The Bertz CT molecular complexity index is 166. The van der Waals surface area contributed by atoms with Gasteiger partial charge in [0, 0.05) is 6.54 Å². The fraction of sp³-hybridized carbons (Fsp3) is 1.00. The third-order valence-corrected chi connectivity index (χ3v) is 3.06. The first kappa shape index (κ1) is 13.0. The summed E-state index contributed by atoms with van der Waals surface area (Å²) in [5.74, 6) is 0.918. The largest absolute Gasteiger partial charge is 0.316 e. The van der Waals surface area contributed by atoms with Crippen LogP contribution in [-0.2, 0) is 0 Å². The fourth-order valence-electron chi connectivity index (χ4n) is 2.46. The molecule has 1 fully saturated rings. The highest BCUT2D eigenvalue weighted by Crippen LogP contribution is 2.17. The van der Waals surface area contributed by atoms with Crippen LogP contribution in [0.25, 0.3) is 0 Å². The molecular weight excluding hydrogens is 184 g/mol. The Morgan fingerprint density at radius 3 is 2.60 bits per heavy atom. The van der Waals surface area contributed by atoms with Crippen LogP contribution in [0.5, 0.6) is 0 Å². The Morgan fingerprint density at radius 1 is 1.33 bits per heavy atom. The second-order valence-electron chi connectivity index (χ2n) is 6.30. The van der Waals surface area contributed by atoms with E-state index in [9.17, 15) is 0 Å². The summed E-state index contributed by atoms with van der Waals surface area (Å²) in [6.45, 7) is 11.9. The van der Waals surface area contributed by atoms with Gasteiger partial charge in [-0.25, -0.2) is 0 Å². The van der Waals surface area contributed by atoms with Crippen LogP contribution in [0.3, 0.4) is 0 Å². The highest BCUT2D eigenvalue weighted by Gasteiger charge is 2.16. The van der Waals surface area contributed by atoms with Crippen molar-refractivity contribution in [3.8, 4) is 0 Å². The van der Waals surface area contributed by atoms with Crippen molar-refractivity contribution in [3.63, 3.8) is 0 Å². The second-order valence-corrected chi connectivity index (χ2v) is 6.30. The minimum absolute atomic E-state index is 0.430. The molecule has 2 nitrogen and oxygen atoms in total. The van der Waals surface area contributed by atoms with Gasteiger partial charge in [-0.1, -0.05) is 20.8 Å². The minimum atomic E-state index is 0.430. The summed E-state index contributed by atoms with van der Waals surface area (Å²) in [7, 11) is 2.25. The Labute approximate surface area is 95.4 Å². The quantitative estimate of drug-likeness (QED) is 0.769. The second kappa shape index (κ2) is 5.86. The molecule has 1 unspecified atom stereocenters. The Hall–Kier alpha value is -0.0800. The maximum absolute atomic E-state index is 3.49. The van der Waals surface area contributed by atoms with Gasteiger partial charge in [-0.05, 0) is 57.3 Å². The molecule has 0 spiro atoms. The molecule has 0 aromatic carbocycles. The van der Waals surface area contributed by atoms with E-state index in [0.29, 0.717) is 5.41 Å². The van der Waals surface area contributed by atoms with Crippen LogP contribution < -0.4 is 5.32 Å². The number of hydrogen-bond acceptors (Lipinski definition) is 2. The van der Waals surface area contributed by atoms with Crippen molar-refractivity contribution in [2.45, 2.75) is 40.0 Å². The van der Waals surface area contributed by atoms with E-state index in [4.69, 9.17) is 0 Å². The molecule has 0 aromatic rings. The molecule has 1 rings (SSSR count). The lowest BCUT2D eigenvalue weighted by Gasteiger charge is -2.29. The number of piperidine rings is 1. The van der Waals surface area contributed by atoms with Crippen LogP contribution in [0.2, 0.25) is 0 Å². The monoisotopic (exact) mass is 212 g/mol. The minimum Gasteiger partial charge on any atom is -0.316 e. The van der Waals surface area contributed by atoms with E-state index in [-0.39, 0.29) is 0 Å². The average molecular weight is 212 g/mol. The maximum Gasteiger partial charge on any atom is 0.00270 e. The predicted molar refractivity (Wildman–Crippen MR) is 67.2 cm³/mol. The van der Waals surface area contributed by atoms with Crippen LogP contribution in [0.1, 0.15) is 40.0 Å². The lowest BCUT2D eigenvalue weighted by atomic mass is 9.94. The van der Waals surface area contributed by atoms with Crippen LogP contribution in [0, 0.1) is 11.3 Å². The highest BCUT2D eigenvalue weighted by molar-refractivity contribution is 4.72. The van der Waals surface area contributed by atoms with E-state index in [1.165, 1.54) is 45.4 Å². The van der Waals surface area contributed by atoms with Gasteiger partial charge in [0.15, 0.2) is 0 Å². The SMILES string of the molecule is CN(CCC1CCCNC1)CC(C)(C)C. The van der Waals surface area contributed by atoms with Gasteiger partial charge in [-0.15, -0.1) is 0 Å². The summed E-state index contributed by atoms with van der Waals surface area (Å²) in [6.07, 6.45) is 4.16. The molecule has 1 saturated heterocycles. The van der Waals surface area contributed by atoms with Gasteiger partial charge >= 0.3 is 0 Å². The lowest BCUT2D eigenvalue weighted by Crippen LogP contribution is -2.34. The normalized spacial score (nSPS) is 23.4. The standard InChI is InChI=1S/C13H28N2/c1-13(2,3)11-15(4)9-7-12-6-5-8-14-10-12/h12,14H,5-11H2,1-4H3. The predicted octanol–water partition coefficient (Wildman–Crippen LogP) is 2.35. The number of hydrogen-bond donors (Lipinski definition) is 1. The Kier molecular flexibility index (Phi) is 5.07. The molecule has 15 heavy (non-hydrogen) atoms. The van der Waals surface area contributed by atoms with Gasteiger partial charge in [0.25, 0.3) is 0 Å². The average Bonchev–Trinajstić information content (AvgIpc) is 2.14.